The van der Waals surface area contributed by atoms with Gasteiger partial charge >= 0.3 is 0 Å². The zero-order valence-corrected chi connectivity index (χ0v) is 13.3. The smallest absolute Gasteiger partial charge is 0.256 e. The average molecular weight is 301 g/mol. The van der Waals surface area contributed by atoms with Crippen molar-refractivity contribution in [3.05, 3.63) is 47.3 Å². The van der Waals surface area contributed by atoms with Crippen molar-refractivity contribution in [1.82, 2.24) is 10.3 Å². The summed E-state index contributed by atoms with van der Waals surface area (Å²) in [6, 6.07) is 12.2. The quantitative estimate of drug-likeness (QED) is 0.828. The van der Waals surface area contributed by atoms with E-state index in [2.05, 4.69) is 16.4 Å². The molecule has 0 saturated carbocycles. The lowest BCUT2D eigenvalue weighted by atomic mass is 9.89. The number of rotatable bonds is 6. The first-order chi connectivity index (χ1) is 10.1. The maximum absolute atomic E-state index is 9.61. The van der Waals surface area contributed by atoms with Gasteiger partial charge in [0, 0.05) is 5.75 Å². The predicted molar refractivity (Wildman–Crippen MR) is 84.1 cm³/mol. The molecule has 0 aliphatic rings. The Kier molecular flexibility index (Phi) is 5.05. The van der Waals surface area contributed by atoms with E-state index >= 15 is 0 Å². The zero-order valence-electron chi connectivity index (χ0n) is 12.5. The highest BCUT2D eigenvalue weighted by atomic mass is 32.2. The summed E-state index contributed by atoms with van der Waals surface area (Å²) >= 11 is 1.54. The standard InChI is InChI=1S/C16H19N3OS/c1-12-13(2)20-15(19-12)21-10-9-16(11-17,18-3)14-7-5-4-6-8-14/h4-8,18H,9-10H2,1-3H3. The number of benzene rings is 1. The largest absolute Gasteiger partial charge is 0.437 e. The van der Waals surface area contributed by atoms with E-state index in [0.29, 0.717) is 11.6 Å². The third kappa shape index (κ3) is 3.46. The second-order valence-corrected chi connectivity index (χ2v) is 5.90. The van der Waals surface area contributed by atoms with Crippen LogP contribution in [0, 0.1) is 25.2 Å². The summed E-state index contributed by atoms with van der Waals surface area (Å²) < 4.78 is 5.55. The minimum atomic E-state index is -0.676. The molecule has 0 aliphatic heterocycles. The fourth-order valence-corrected chi connectivity index (χ4v) is 3.08. The fraction of sp³-hybridized carbons (Fsp3) is 0.375. The number of nitriles is 1. The Morgan fingerprint density at radius 3 is 2.57 bits per heavy atom. The molecule has 1 unspecified atom stereocenters. The molecule has 0 spiro atoms. The van der Waals surface area contributed by atoms with Crippen molar-refractivity contribution in [2.75, 3.05) is 12.8 Å². The van der Waals surface area contributed by atoms with Crippen LogP contribution in [-0.2, 0) is 5.54 Å². The van der Waals surface area contributed by atoms with E-state index in [4.69, 9.17) is 4.42 Å². The number of hydrogen-bond donors (Lipinski definition) is 1. The molecular weight excluding hydrogens is 282 g/mol. The fourth-order valence-electron chi connectivity index (χ4n) is 2.11. The van der Waals surface area contributed by atoms with Crippen LogP contribution in [-0.4, -0.2) is 17.8 Å². The molecule has 0 radical (unpaired) electrons. The third-order valence-electron chi connectivity index (χ3n) is 3.60. The van der Waals surface area contributed by atoms with Gasteiger partial charge in [-0.1, -0.05) is 42.1 Å². The molecule has 110 valence electrons. The van der Waals surface area contributed by atoms with E-state index in [1.807, 2.05) is 51.2 Å². The van der Waals surface area contributed by atoms with Crippen LogP contribution in [0.3, 0.4) is 0 Å². The molecule has 0 aliphatic carbocycles. The summed E-state index contributed by atoms with van der Waals surface area (Å²) in [4.78, 5) is 4.35. The summed E-state index contributed by atoms with van der Waals surface area (Å²) in [6.45, 7) is 3.84. The summed E-state index contributed by atoms with van der Waals surface area (Å²) in [5.41, 5.74) is 1.22. The Hall–Kier alpha value is -1.77. The van der Waals surface area contributed by atoms with Gasteiger partial charge in [0.15, 0.2) is 0 Å². The topological polar surface area (TPSA) is 61.9 Å². The van der Waals surface area contributed by atoms with Crippen LogP contribution in [0.2, 0.25) is 0 Å². The van der Waals surface area contributed by atoms with E-state index in [0.717, 1.165) is 22.8 Å². The maximum atomic E-state index is 9.61. The molecule has 2 rings (SSSR count). The number of nitrogens with one attached hydrogen (secondary N) is 1. The third-order valence-corrected chi connectivity index (χ3v) is 4.43. The molecule has 1 aromatic carbocycles. The van der Waals surface area contributed by atoms with Gasteiger partial charge in [0.1, 0.15) is 11.3 Å². The Bertz CT molecular complexity index is 613. The molecule has 4 nitrogen and oxygen atoms in total. The Labute approximate surface area is 129 Å². The first-order valence-corrected chi connectivity index (χ1v) is 7.82. The minimum Gasteiger partial charge on any atom is -0.437 e. The lowest BCUT2D eigenvalue weighted by Gasteiger charge is -2.26. The number of thioether (sulfide) groups is 1. The van der Waals surface area contributed by atoms with Gasteiger partial charge in [-0.3, -0.25) is 5.32 Å². The van der Waals surface area contributed by atoms with Crippen molar-refractivity contribution in [2.45, 2.75) is 31.0 Å². The lowest BCUT2D eigenvalue weighted by molar-refractivity contribution is 0.428. The molecule has 2 aromatic rings. The van der Waals surface area contributed by atoms with Gasteiger partial charge < -0.3 is 4.42 Å². The highest BCUT2D eigenvalue weighted by Crippen LogP contribution is 2.28. The van der Waals surface area contributed by atoms with Crippen molar-refractivity contribution < 1.29 is 4.42 Å². The van der Waals surface area contributed by atoms with Crippen molar-refractivity contribution in [2.24, 2.45) is 0 Å². The Morgan fingerprint density at radius 2 is 2.05 bits per heavy atom. The van der Waals surface area contributed by atoms with Gasteiger partial charge in [0.05, 0.1) is 11.8 Å². The Morgan fingerprint density at radius 1 is 1.33 bits per heavy atom. The van der Waals surface area contributed by atoms with Crippen LogP contribution in [0.4, 0.5) is 0 Å². The molecule has 5 heteroatoms. The van der Waals surface area contributed by atoms with E-state index in [1.165, 1.54) is 11.8 Å². The van der Waals surface area contributed by atoms with Crippen LogP contribution in [0.5, 0.6) is 0 Å². The summed E-state index contributed by atoms with van der Waals surface area (Å²) in [7, 11) is 1.82. The van der Waals surface area contributed by atoms with Crippen LogP contribution < -0.4 is 5.32 Å². The molecule has 21 heavy (non-hydrogen) atoms. The van der Waals surface area contributed by atoms with Crippen LogP contribution >= 0.6 is 11.8 Å². The van der Waals surface area contributed by atoms with E-state index < -0.39 is 5.54 Å². The maximum Gasteiger partial charge on any atom is 0.256 e. The monoisotopic (exact) mass is 301 g/mol. The number of aryl methyl sites for hydroxylation is 2. The van der Waals surface area contributed by atoms with Gasteiger partial charge in [0.2, 0.25) is 0 Å². The molecule has 0 amide bonds. The highest BCUT2D eigenvalue weighted by Gasteiger charge is 2.30. The molecular formula is C16H19N3OS. The first kappa shape index (κ1) is 15.6. The van der Waals surface area contributed by atoms with Crippen LogP contribution in [0.1, 0.15) is 23.4 Å². The second kappa shape index (κ2) is 6.79. The number of nitrogens with zero attached hydrogens (tertiary/aromatic N) is 2. The Balaban J connectivity index is 2.06. The number of oxazole rings is 1. The van der Waals surface area contributed by atoms with Gasteiger partial charge in [-0.2, -0.15) is 5.26 Å². The summed E-state index contributed by atoms with van der Waals surface area (Å²) in [5, 5.41) is 13.4. The van der Waals surface area contributed by atoms with Crippen molar-refractivity contribution in [3.63, 3.8) is 0 Å². The molecule has 1 N–H and O–H groups in total. The summed E-state index contributed by atoms with van der Waals surface area (Å²) in [5.74, 6) is 1.60. The zero-order chi connectivity index (χ0) is 15.3. The van der Waals surface area contributed by atoms with E-state index in [-0.39, 0.29) is 0 Å². The van der Waals surface area contributed by atoms with Crippen molar-refractivity contribution in [3.8, 4) is 6.07 Å². The summed E-state index contributed by atoms with van der Waals surface area (Å²) in [6.07, 6.45) is 0.676. The van der Waals surface area contributed by atoms with Gasteiger partial charge in [-0.05, 0) is 32.9 Å². The van der Waals surface area contributed by atoms with Crippen LogP contribution in [0.15, 0.2) is 40.0 Å². The van der Waals surface area contributed by atoms with Gasteiger partial charge in [-0.15, -0.1) is 0 Å². The molecule has 1 heterocycles. The average Bonchev–Trinajstić information content (AvgIpc) is 2.83. The molecule has 1 atom stereocenters. The molecule has 0 bridgehead atoms. The predicted octanol–water partition coefficient (Wildman–Crippen LogP) is 3.41. The van der Waals surface area contributed by atoms with E-state index in [1.54, 1.807) is 0 Å². The molecule has 1 aromatic heterocycles. The highest BCUT2D eigenvalue weighted by molar-refractivity contribution is 7.99. The second-order valence-electron chi connectivity index (χ2n) is 4.85. The number of aromatic nitrogens is 1. The van der Waals surface area contributed by atoms with Crippen LogP contribution in [0.25, 0.3) is 0 Å². The SMILES string of the molecule is CNC(C#N)(CCSc1nc(C)c(C)o1)c1ccccc1. The lowest BCUT2D eigenvalue weighted by Crippen LogP contribution is -2.39. The van der Waals surface area contributed by atoms with Gasteiger partial charge in [-0.25, -0.2) is 4.98 Å². The van der Waals surface area contributed by atoms with Crippen molar-refractivity contribution >= 4 is 11.8 Å². The minimum absolute atomic E-state index is 0.668. The van der Waals surface area contributed by atoms with Gasteiger partial charge in [0.25, 0.3) is 5.22 Å². The number of hydrogen-bond acceptors (Lipinski definition) is 5. The molecule has 0 saturated heterocycles. The van der Waals surface area contributed by atoms with Crippen molar-refractivity contribution in [1.29, 1.82) is 5.26 Å². The van der Waals surface area contributed by atoms with E-state index in [9.17, 15) is 5.26 Å². The molecule has 0 fully saturated rings. The normalized spacial score (nSPS) is 13.6. The first-order valence-electron chi connectivity index (χ1n) is 6.84.